The summed E-state index contributed by atoms with van der Waals surface area (Å²) in [7, 11) is 0. The zero-order chi connectivity index (χ0) is 25.1. The quantitative estimate of drug-likeness (QED) is 0.144. The topological polar surface area (TPSA) is 208 Å². The van der Waals surface area contributed by atoms with Crippen LogP contribution >= 0.6 is 12.6 Å². The average molecular weight is 485 g/mol. The Bertz CT molecular complexity index is 852. The number of carboxylic acids is 2. The molecule has 182 valence electrons. The van der Waals surface area contributed by atoms with Crippen LogP contribution in [0.15, 0.2) is 30.3 Å². The molecule has 12 nitrogen and oxygen atoms in total. The maximum Gasteiger partial charge on any atom is 0.328 e. The van der Waals surface area contributed by atoms with Crippen LogP contribution in [0.2, 0.25) is 0 Å². The fourth-order valence-electron chi connectivity index (χ4n) is 2.73. The van der Waals surface area contributed by atoms with Crippen molar-refractivity contribution in [1.29, 1.82) is 0 Å². The number of carbonyl (C=O) groups is 5. The van der Waals surface area contributed by atoms with Crippen molar-refractivity contribution in [3.8, 4) is 0 Å². The minimum absolute atomic E-state index is 0.0175. The van der Waals surface area contributed by atoms with Crippen LogP contribution in [-0.2, 0) is 30.4 Å². The van der Waals surface area contributed by atoms with Gasteiger partial charge in [-0.1, -0.05) is 30.3 Å². The number of nitrogens with one attached hydrogen (secondary N) is 3. The van der Waals surface area contributed by atoms with E-state index in [9.17, 15) is 34.2 Å². The first-order valence-corrected chi connectivity index (χ1v) is 10.5. The second kappa shape index (κ2) is 13.4. The third-order valence-electron chi connectivity index (χ3n) is 4.51. The van der Waals surface area contributed by atoms with Gasteiger partial charge in [0.25, 0.3) is 0 Å². The van der Waals surface area contributed by atoms with Gasteiger partial charge in [-0.2, -0.15) is 12.6 Å². The van der Waals surface area contributed by atoms with Crippen molar-refractivity contribution < 1.29 is 39.3 Å². The molecule has 5 atom stereocenters. The van der Waals surface area contributed by atoms with E-state index in [0.717, 1.165) is 0 Å². The molecule has 0 fully saturated rings. The number of amides is 3. The van der Waals surface area contributed by atoms with E-state index in [4.69, 9.17) is 10.8 Å². The number of aliphatic hydroxyl groups excluding tert-OH is 1. The lowest BCUT2D eigenvalue weighted by Crippen LogP contribution is -2.59. The first kappa shape index (κ1) is 27.9. The zero-order valence-electron chi connectivity index (χ0n) is 17.8. The molecule has 1 aromatic rings. The Labute approximate surface area is 195 Å². The Morgan fingerprint density at radius 2 is 1.48 bits per heavy atom. The van der Waals surface area contributed by atoms with Crippen molar-refractivity contribution in [2.24, 2.45) is 5.73 Å². The Hall–Kier alpha value is -3.16. The van der Waals surface area contributed by atoms with E-state index in [0.29, 0.717) is 5.56 Å². The molecule has 5 unspecified atom stereocenters. The van der Waals surface area contributed by atoms with Crippen molar-refractivity contribution >= 4 is 42.3 Å². The van der Waals surface area contributed by atoms with E-state index in [1.807, 2.05) is 0 Å². The lowest BCUT2D eigenvalue weighted by molar-refractivity contribution is -0.145. The van der Waals surface area contributed by atoms with Crippen molar-refractivity contribution in [2.75, 3.05) is 5.75 Å². The van der Waals surface area contributed by atoms with Crippen LogP contribution in [0.3, 0.4) is 0 Å². The monoisotopic (exact) mass is 484 g/mol. The molecule has 0 spiro atoms. The summed E-state index contributed by atoms with van der Waals surface area (Å²) in [6.45, 7) is 1.19. The molecule has 0 aliphatic heterocycles. The fourth-order valence-corrected chi connectivity index (χ4v) is 2.98. The predicted molar refractivity (Wildman–Crippen MR) is 119 cm³/mol. The highest BCUT2D eigenvalue weighted by Crippen LogP contribution is 2.06. The highest BCUT2D eigenvalue weighted by Gasteiger charge is 2.31. The number of hydrogen-bond donors (Lipinski definition) is 8. The lowest BCUT2D eigenvalue weighted by Gasteiger charge is -2.25. The van der Waals surface area contributed by atoms with E-state index >= 15 is 0 Å². The van der Waals surface area contributed by atoms with Crippen LogP contribution in [0.1, 0.15) is 18.9 Å². The summed E-state index contributed by atoms with van der Waals surface area (Å²) in [4.78, 5) is 59.6. The molecule has 3 amide bonds. The Balaban J connectivity index is 3.01. The van der Waals surface area contributed by atoms with Gasteiger partial charge in [0.1, 0.15) is 12.1 Å². The molecular weight excluding hydrogens is 456 g/mol. The van der Waals surface area contributed by atoms with Crippen LogP contribution in [0.4, 0.5) is 0 Å². The minimum atomic E-state index is -1.61. The van der Waals surface area contributed by atoms with Gasteiger partial charge in [0, 0.05) is 12.2 Å². The smallest absolute Gasteiger partial charge is 0.328 e. The van der Waals surface area contributed by atoms with Gasteiger partial charge in [-0.05, 0) is 12.5 Å². The molecule has 13 heteroatoms. The average Bonchev–Trinajstić information content (AvgIpc) is 2.74. The second-order valence-corrected chi connectivity index (χ2v) is 7.63. The van der Waals surface area contributed by atoms with Gasteiger partial charge in [0.05, 0.1) is 18.6 Å². The Kier molecular flexibility index (Phi) is 11.3. The van der Waals surface area contributed by atoms with E-state index < -0.39 is 66.4 Å². The van der Waals surface area contributed by atoms with Gasteiger partial charge in [0.15, 0.2) is 6.04 Å². The number of hydrogen-bond acceptors (Lipinski definition) is 8. The van der Waals surface area contributed by atoms with Crippen LogP contribution in [0, 0.1) is 0 Å². The fraction of sp³-hybridized carbons (Fsp3) is 0.450. The van der Waals surface area contributed by atoms with Gasteiger partial charge in [-0.25, -0.2) is 4.79 Å². The number of carboxylic acid groups (broad SMARTS) is 2. The SMILES string of the molecule is CC(O)C(NC(=O)C(Cc1ccccc1)NC(=O)C(CS)NC(=O)C(N)CC(=O)O)C(=O)O. The molecule has 0 saturated carbocycles. The largest absolute Gasteiger partial charge is 0.481 e. The molecule has 0 aliphatic carbocycles. The maximum absolute atomic E-state index is 12.8. The molecule has 0 saturated heterocycles. The number of nitrogens with two attached hydrogens (primary N) is 1. The number of benzene rings is 1. The molecular formula is C20H28N4O8S. The van der Waals surface area contributed by atoms with Crippen LogP contribution in [0.25, 0.3) is 0 Å². The molecule has 0 aromatic heterocycles. The van der Waals surface area contributed by atoms with Crippen molar-refractivity contribution in [3.05, 3.63) is 35.9 Å². The third kappa shape index (κ3) is 9.47. The van der Waals surface area contributed by atoms with Gasteiger partial charge in [-0.3, -0.25) is 19.2 Å². The Morgan fingerprint density at radius 3 is 1.97 bits per heavy atom. The first-order chi connectivity index (χ1) is 15.5. The number of carbonyl (C=O) groups excluding carboxylic acids is 3. The van der Waals surface area contributed by atoms with Gasteiger partial charge >= 0.3 is 11.9 Å². The summed E-state index contributed by atoms with van der Waals surface area (Å²) in [5, 5.41) is 34.5. The normalized spacial score (nSPS) is 15.3. The minimum Gasteiger partial charge on any atom is -0.481 e. The molecule has 1 aromatic carbocycles. The van der Waals surface area contributed by atoms with E-state index in [1.54, 1.807) is 30.3 Å². The van der Waals surface area contributed by atoms with E-state index in [-0.39, 0.29) is 12.2 Å². The van der Waals surface area contributed by atoms with Crippen molar-refractivity contribution in [1.82, 2.24) is 16.0 Å². The molecule has 0 heterocycles. The lowest BCUT2D eigenvalue weighted by atomic mass is 10.0. The highest BCUT2D eigenvalue weighted by molar-refractivity contribution is 7.80. The number of rotatable bonds is 13. The standard InChI is InChI=1S/C20H28N4O8S/c1-10(25)16(20(31)32)24-18(29)13(7-11-5-3-2-4-6-11)22-19(30)14(9-33)23-17(28)12(21)8-15(26)27/h2-6,10,12-14,16,25,33H,7-9,21H2,1H3,(H,22,30)(H,23,28)(H,24,29)(H,26,27)(H,31,32). The number of thiol groups is 1. The molecule has 33 heavy (non-hydrogen) atoms. The molecule has 1 rings (SSSR count). The predicted octanol–water partition coefficient (Wildman–Crippen LogP) is -2.12. The van der Waals surface area contributed by atoms with Crippen molar-refractivity contribution in [2.45, 2.75) is 50.0 Å². The third-order valence-corrected chi connectivity index (χ3v) is 4.87. The summed E-state index contributed by atoms with van der Waals surface area (Å²) in [5.74, 6) is -5.53. The van der Waals surface area contributed by atoms with E-state index in [1.165, 1.54) is 6.92 Å². The van der Waals surface area contributed by atoms with Crippen LogP contribution < -0.4 is 21.7 Å². The zero-order valence-corrected chi connectivity index (χ0v) is 18.7. The first-order valence-electron chi connectivity index (χ1n) is 9.90. The summed E-state index contributed by atoms with van der Waals surface area (Å²) in [6.07, 6.45) is -2.07. The summed E-state index contributed by atoms with van der Waals surface area (Å²) in [5.41, 5.74) is 6.14. The van der Waals surface area contributed by atoms with Crippen molar-refractivity contribution in [3.63, 3.8) is 0 Å². The van der Waals surface area contributed by atoms with E-state index in [2.05, 4.69) is 28.6 Å². The van der Waals surface area contributed by atoms with Gasteiger partial charge in [-0.15, -0.1) is 0 Å². The maximum atomic E-state index is 12.8. The summed E-state index contributed by atoms with van der Waals surface area (Å²) < 4.78 is 0. The Morgan fingerprint density at radius 1 is 0.939 bits per heavy atom. The molecule has 0 aliphatic rings. The summed E-state index contributed by atoms with van der Waals surface area (Å²) >= 11 is 4.01. The van der Waals surface area contributed by atoms with Crippen LogP contribution in [0.5, 0.6) is 0 Å². The van der Waals surface area contributed by atoms with Crippen LogP contribution in [-0.4, -0.2) is 81.0 Å². The molecule has 0 radical (unpaired) electrons. The highest BCUT2D eigenvalue weighted by atomic mass is 32.1. The second-order valence-electron chi connectivity index (χ2n) is 7.26. The number of aliphatic hydroxyl groups is 1. The summed E-state index contributed by atoms with van der Waals surface area (Å²) in [6, 6.07) is 3.04. The molecule has 8 N–H and O–H groups in total. The van der Waals surface area contributed by atoms with Gasteiger partial charge < -0.3 is 37.0 Å². The molecule has 0 bridgehead atoms. The van der Waals surface area contributed by atoms with Gasteiger partial charge in [0.2, 0.25) is 17.7 Å². The number of aliphatic carboxylic acids is 2.